The highest BCUT2D eigenvalue weighted by atomic mass is 19.1. The van der Waals surface area contributed by atoms with Crippen molar-refractivity contribution in [3.8, 4) is 0 Å². The third kappa shape index (κ3) is 1.56. The van der Waals surface area contributed by atoms with Gasteiger partial charge in [0.25, 0.3) is 5.91 Å². The summed E-state index contributed by atoms with van der Waals surface area (Å²) in [7, 11) is 0. The first-order valence-corrected chi connectivity index (χ1v) is 5.50. The van der Waals surface area contributed by atoms with E-state index in [1.807, 2.05) is 0 Å². The molecule has 0 aromatic heterocycles. The van der Waals surface area contributed by atoms with E-state index in [4.69, 9.17) is 0 Å². The highest BCUT2D eigenvalue weighted by molar-refractivity contribution is 6.17. The zero-order chi connectivity index (χ0) is 12.0. The van der Waals surface area contributed by atoms with Gasteiger partial charge in [-0.25, -0.2) is 4.39 Å². The van der Waals surface area contributed by atoms with Gasteiger partial charge in [-0.05, 0) is 41.7 Å². The van der Waals surface area contributed by atoms with Crippen molar-refractivity contribution in [3.63, 3.8) is 0 Å². The summed E-state index contributed by atoms with van der Waals surface area (Å²) in [5.41, 5.74) is 3.26. The monoisotopic (exact) mass is 231 g/mol. The van der Waals surface area contributed by atoms with Crippen molar-refractivity contribution in [2.75, 3.05) is 0 Å². The first-order valence-electron chi connectivity index (χ1n) is 5.50. The fourth-order valence-electron chi connectivity index (χ4n) is 2.50. The van der Waals surface area contributed by atoms with Crippen LogP contribution in [0.15, 0.2) is 23.8 Å². The summed E-state index contributed by atoms with van der Waals surface area (Å²) in [6.07, 6.45) is 1.58. The van der Waals surface area contributed by atoms with Gasteiger partial charge < -0.3 is 0 Å². The Labute approximate surface area is 97.3 Å². The average Bonchev–Trinajstić information content (AvgIpc) is 2.81. The minimum absolute atomic E-state index is 0.144. The largest absolute Gasteiger partial charge is 0.292 e. The van der Waals surface area contributed by atoms with Gasteiger partial charge in [-0.15, -0.1) is 0 Å². The topological polar surface area (TPSA) is 46.2 Å². The highest BCUT2D eigenvalue weighted by Crippen LogP contribution is 2.36. The van der Waals surface area contributed by atoms with Crippen LogP contribution in [0.1, 0.15) is 24.0 Å². The number of rotatable bonds is 0. The molecule has 17 heavy (non-hydrogen) atoms. The SMILES string of the molecule is O=C1C/C(=C2\CCc3cc(F)ccc32)C(=O)N1. The summed E-state index contributed by atoms with van der Waals surface area (Å²) in [6.45, 7) is 0. The molecule has 1 aliphatic carbocycles. The van der Waals surface area contributed by atoms with E-state index in [-0.39, 0.29) is 24.1 Å². The minimum Gasteiger partial charge on any atom is -0.292 e. The predicted octanol–water partition coefficient (Wildman–Crippen LogP) is 1.57. The summed E-state index contributed by atoms with van der Waals surface area (Å²) in [5, 5.41) is 2.28. The number of allylic oxidation sites excluding steroid dienone is 1. The standard InChI is InChI=1S/C13H10FNO2/c14-8-2-4-9-7(5-8)1-3-10(9)11-6-12(16)15-13(11)17/h2,4-5H,1,3,6H2,(H,15,16,17)/b11-10-. The van der Waals surface area contributed by atoms with Crippen molar-refractivity contribution in [1.29, 1.82) is 0 Å². The van der Waals surface area contributed by atoms with Gasteiger partial charge in [-0.2, -0.15) is 0 Å². The molecule has 1 fully saturated rings. The summed E-state index contributed by atoms with van der Waals surface area (Å²) < 4.78 is 13.1. The van der Waals surface area contributed by atoms with Gasteiger partial charge in [-0.3, -0.25) is 14.9 Å². The Balaban J connectivity index is 2.12. The minimum atomic E-state index is -0.304. The van der Waals surface area contributed by atoms with E-state index < -0.39 is 0 Å². The lowest BCUT2D eigenvalue weighted by molar-refractivity contribution is -0.124. The average molecular weight is 231 g/mol. The van der Waals surface area contributed by atoms with E-state index in [9.17, 15) is 14.0 Å². The van der Waals surface area contributed by atoms with Crippen LogP contribution in [0.25, 0.3) is 5.57 Å². The smallest absolute Gasteiger partial charge is 0.254 e. The number of hydrogen-bond acceptors (Lipinski definition) is 2. The molecule has 0 unspecified atom stereocenters. The Kier molecular flexibility index (Phi) is 2.11. The maximum Gasteiger partial charge on any atom is 0.254 e. The molecule has 1 aliphatic heterocycles. The van der Waals surface area contributed by atoms with Crippen molar-refractivity contribution < 1.29 is 14.0 Å². The molecule has 0 saturated carbocycles. The number of benzene rings is 1. The van der Waals surface area contributed by atoms with Crippen LogP contribution in [-0.2, 0) is 16.0 Å². The van der Waals surface area contributed by atoms with Crippen molar-refractivity contribution in [1.82, 2.24) is 5.32 Å². The molecular formula is C13H10FNO2. The Hall–Kier alpha value is -1.97. The van der Waals surface area contributed by atoms with Crippen LogP contribution in [0.5, 0.6) is 0 Å². The number of carbonyl (C=O) groups excluding carboxylic acids is 2. The maximum atomic E-state index is 13.1. The van der Waals surface area contributed by atoms with Crippen molar-refractivity contribution in [2.45, 2.75) is 19.3 Å². The van der Waals surface area contributed by atoms with Crippen molar-refractivity contribution in [2.24, 2.45) is 0 Å². The number of halogens is 1. The van der Waals surface area contributed by atoms with Crippen molar-refractivity contribution in [3.05, 3.63) is 40.7 Å². The molecule has 1 N–H and O–H groups in total. The summed E-state index contributed by atoms with van der Waals surface area (Å²) in [5.74, 6) is -0.822. The second-order valence-electron chi connectivity index (χ2n) is 4.31. The zero-order valence-corrected chi connectivity index (χ0v) is 9.05. The molecule has 1 aromatic carbocycles. The molecule has 2 amide bonds. The van der Waals surface area contributed by atoms with Crippen LogP contribution in [-0.4, -0.2) is 11.8 Å². The lowest BCUT2D eigenvalue weighted by Gasteiger charge is -2.03. The molecule has 0 bridgehead atoms. The number of aryl methyl sites for hydroxylation is 1. The Morgan fingerprint density at radius 2 is 1.94 bits per heavy atom. The first-order chi connectivity index (χ1) is 8.15. The molecule has 86 valence electrons. The number of imide groups is 1. The summed E-state index contributed by atoms with van der Waals surface area (Å²) in [6, 6.07) is 4.58. The Bertz CT molecular complexity index is 575. The van der Waals surface area contributed by atoms with Crippen LogP contribution in [0.4, 0.5) is 4.39 Å². The number of nitrogens with one attached hydrogen (secondary N) is 1. The molecule has 0 spiro atoms. The fourth-order valence-corrected chi connectivity index (χ4v) is 2.50. The molecule has 2 aliphatic rings. The fraction of sp³-hybridized carbons (Fsp3) is 0.231. The van der Waals surface area contributed by atoms with Gasteiger partial charge in [0, 0.05) is 5.57 Å². The lowest BCUT2D eigenvalue weighted by Crippen LogP contribution is -2.19. The zero-order valence-electron chi connectivity index (χ0n) is 9.05. The van der Waals surface area contributed by atoms with Crippen LogP contribution in [0.2, 0.25) is 0 Å². The Morgan fingerprint density at radius 3 is 2.65 bits per heavy atom. The molecular weight excluding hydrogens is 221 g/mol. The van der Waals surface area contributed by atoms with Crippen molar-refractivity contribution >= 4 is 17.4 Å². The van der Waals surface area contributed by atoms with Gasteiger partial charge in [0.1, 0.15) is 5.82 Å². The Morgan fingerprint density at radius 1 is 1.12 bits per heavy atom. The maximum absolute atomic E-state index is 13.1. The number of carbonyl (C=O) groups is 2. The molecule has 1 heterocycles. The molecule has 3 nitrogen and oxygen atoms in total. The number of fused-ring (bicyclic) bond motifs is 1. The highest BCUT2D eigenvalue weighted by Gasteiger charge is 2.30. The van der Waals surface area contributed by atoms with Gasteiger partial charge in [0.2, 0.25) is 5.91 Å². The summed E-state index contributed by atoms with van der Waals surface area (Å²) in [4.78, 5) is 22.7. The first kappa shape index (κ1) is 10.2. The van der Waals surface area contributed by atoms with E-state index >= 15 is 0 Å². The van der Waals surface area contributed by atoms with E-state index in [1.54, 1.807) is 6.07 Å². The van der Waals surface area contributed by atoms with Crippen LogP contribution in [0.3, 0.4) is 0 Å². The second kappa shape index (κ2) is 3.52. The molecule has 0 radical (unpaired) electrons. The van der Waals surface area contributed by atoms with E-state index in [1.165, 1.54) is 12.1 Å². The number of hydrogen-bond donors (Lipinski definition) is 1. The van der Waals surface area contributed by atoms with E-state index in [2.05, 4.69) is 5.32 Å². The predicted molar refractivity (Wildman–Crippen MR) is 59.4 cm³/mol. The van der Waals surface area contributed by atoms with Crippen LogP contribution in [0, 0.1) is 5.82 Å². The quantitative estimate of drug-likeness (QED) is 0.544. The van der Waals surface area contributed by atoms with E-state index in [0.29, 0.717) is 12.0 Å². The van der Waals surface area contributed by atoms with Gasteiger partial charge in [0.15, 0.2) is 0 Å². The third-order valence-corrected chi connectivity index (χ3v) is 3.27. The van der Waals surface area contributed by atoms with Gasteiger partial charge in [0.05, 0.1) is 6.42 Å². The number of amides is 2. The third-order valence-electron chi connectivity index (χ3n) is 3.27. The molecule has 1 saturated heterocycles. The molecule has 3 rings (SSSR count). The van der Waals surface area contributed by atoms with Crippen LogP contribution < -0.4 is 5.32 Å². The molecule has 4 heteroatoms. The second-order valence-corrected chi connectivity index (χ2v) is 4.31. The normalized spacial score (nSPS) is 22.9. The summed E-state index contributed by atoms with van der Waals surface area (Å²) >= 11 is 0. The van der Waals surface area contributed by atoms with Gasteiger partial charge in [-0.1, -0.05) is 6.07 Å². The van der Waals surface area contributed by atoms with Crippen LogP contribution >= 0.6 is 0 Å². The lowest BCUT2D eigenvalue weighted by atomic mass is 10.0. The van der Waals surface area contributed by atoms with Gasteiger partial charge >= 0.3 is 0 Å². The molecule has 1 aromatic rings. The van der Waals surface area contributed by atoms with E-state index in [0.717, 1.165) is 23.1 Å². The molecule has 0 atom stereocenters.